The van der Waals surface area contributed by atoms with E-state index in [0.29, 0.717) is 13.0 Å². The molecule has 1 aliphatic heterocycles. The lowest BCUT2D eigenvalue weighted by Crippen LogP contribution is -2.29. The number of methoxy groups -OCH3 is 1. The van der Waals surface area contributed by atoms with Gasteiger partial charge in [-0.15, -0.1) is 0 Å². The molecule has 1 N–H and O–H groups in total. The van der Waals surface area contributed by atoms with Gasteiger partial charge >= 0.3 is 0 Å². The van der Waals surface area contributed by atoms with Crippen LogP contribution in [-0.4, -0.2) is 35.7 Å². The van der Waals surface area contributed by atoms with Crippen LogP contribution >= 0.6 is 0 Å². The van der Waals surface area contributed by atoms with Gasteiger partial charge in [0.15, 0.2) is 0 Å². The van der Waals surface area contributed by atoms with Crippen molar-refractivity contribution in [2.75, 3.05) is 13.7 Å². The van der Waals surface area contributed by atoms with Gasteiger partial charge in [0.05, 0.1) is 19.3 Å². The predicted molar refractivity (Wildman–Crippen MR) is 72.9 cm³/mol. The smallest absolute Gasteiger partial charge is 0.223 e. The lowest BCUT2D eigenvalue weighted by atomic mass is 10.0. The molecular formula is C15H21NO3. The minimum atomic E-state index is -0.433. The molecule has 1 aromatic rings. The van der Waals surface area contributed by atoms with Crippen molar-refractivity contribution in [2.24, 2.45) is 5.92 Å². The topological polar surface area (TPSA) is 49.8 Å². The molecule has 4 heteroatoms. The van der Waals surface area contributed by atoms with Gasteiger partial charge in [0.25, 0.3) is 0 Å². The van der Waals surface area contributed by atoms with Gasteiger partial charge in [-0.3, -0.25) is 4.79 Å². The number of aliphatic hydroxyl groups excluding tert-OH is 1. The standard InChI is InChI=1S/C15H21NO3/c1-10(12-4-6-14(19-3)7-5-12)16-9-13(11(2)17)8-15(16)18/h4-7,10-11,13,17H,8-9H2,1-3H3/t10-,11-,13+/m1/s1. The first-order valence-electron chi connectivity index (χ1n) is 6.64. The molecule has 1 saturated heterocycles. The fraction of sp³-hybridized carbons (Fsp3) is 0.533. The first kappa shape index (κ1) is 13.9. The average molecular weight is 263 g/mol. The molecule has 104 valence electrons. The molecule has 0 saturated carbocycles. The van der Waals surface area contributed by atoms with Gasteiger partial charge in [-0.05, 0) is 31.5 Å². The van der Waals surface area contributed by atoms with Crippen molar-refractivity contribution in [3.8, 4) is 5.75 Å². The highest BCUT2D eigenvalue weighted by atomic mass is 16.5. The number of carbonyl (C=O) groups excluding carboxylic acids is 1. The summed E-state index contributed by atoms with van der Waals surface area (Å²) in [6, 6.07) is 7.79. The van der Waals surface area contributed by atoms with Crippen molar-refractivity contribution >= 4 is 5.91 Å². The van der Waals surface area contributed by atoms with Crippen LogP contribution in [0.4, 0.5) is 0 Å². The molecule has 2 rings (SSSR count). The summed E-state index contributed by atoms with van der Waals surface area (Å²) in [6.07, 6.45) is 0.00930. The second-order valence-electron chi connectivity index (χ2n) is 5.20. The van der Waals surface area contributed by atoms with Gasteiger partial charge in [0, 0.05) is 18.9 Å². The van der Waals surface area contributed by atoms with E-state index in [1.54, 1.807) is 14.0 Å². The fourth-order valence-electron chi connectivity index (χ4n) is 2.52. The molecule has 0 radical (unpaired) electrons. The molecule has 0 unspecified atom stereocenters. The Kier molecular flexibility index (Phi) is 4.10. The van der Waals surface area contributed by atoms with Crippen LogP contribution in [0.25, 0.3) is 0 Å². The second-order valence-corrected chi connectivity index (χ2v) is 5.20. The SMILES string of the molecule is COc1ccc([C@@H](C)N2C[C@@H]([C@@H](C)O)CC2=O)cc1. The van der Waals surface area contributed by atoms with Gasteiger partial charge in [0.1, 0.15) is 5.75 Å². The minimum absolute atomic E-state index is 0.0298. The molecule has 0 aliphatic carbocycles. The Labute approximate surface area is 114 Å². The number of benzene rings is 1. The Balaban J connectivity index is 2.10. The third-order valence-corrected chi connectivity index (χ3v) is 3.94. The van der Waals surface area contributed by atoms with Gasteiger partial charge in [-0.25, -0.2) is 0 Å². The van der Waals surface area contributed by atoms with Crippen LogP contribution in [0.3, 0.4) is 0 Å². The van der Waals surface area contributed by atoms with Crippen molar-refractivity contribution < 1.29 is 14.6 Å². The minimum Gasteiger partial charge on any atom is -0.497 e. The zero-order chi connectivity index (χ0) is 14.0. The summed E-state index contributed by atoms with van der Waals surface area (Å²) in [4.78, 5) is 13.9. The first-order chi connectivity index (χ1) is 9.02. The van der Waals surface area contributed by atoms with Crippen molar-refractivity contribution in [3.05, 3.63) is 29.8 Å². The van der Waals surface area contributed by atoms with E-state index in [-0.39, 0.29) is 17.9 Å². The van der Waals surface area contributed by atoms with E-state index in [4.69, 9.17) is 4.74 Å². The highest BCUT2D eigenvalue weighted by Crippen LogP contribution is 2.30. The number of ether oxygens (including phenoxy) is 1. The molecule has 0 spiro atoms. The van der Waals surface area contributed by atoms with E-state index in [9.17, 15) is 9.90 Å². The van der Waals surface area contributed by atoms with E-state index in [1.807, 2.05) is 36.1 Å². The molecule has 4 nitrogen and oxygen atoms in total. The normalized spacial score (nSPS) is 22.4. The van der Waals surface area contributed by atoms with Crippen molar-refractivity contribution in [1.82, 2.24) is 4.90 Å². The first-order valence-corrected chi connectivity index (χ1v) is 6.64. The summed E-state index contributed by atoms with van der Waals surface area (Å²) < 4.78 is 5.13. The number of hydrogen-bond donors (Lipinski definition) is 1. The van der Waals surface area contributed by atoms with Crippen LogP contribution in [0.2, 0.25) is 0 Å². The van der Waals surface area contributed by atoms with E-state index >= 15 is 0 Å². The molecule has 1 aromatic carbocycles. The molecule has 1 amide bonds. The van der Waals surface area contributed by atoms with Crippen LogP contribution in [0.1, 0.15) is 31.9 Å². The fourth-order valence-corrected chi connectivity index (χ4v) is 2.52. The average Bonchev–Trinajstić information content (AvgIpc) is 2.80. The highest BCUT2D eigenvalue weighted by molar-refractivity contribution is 5.79. The van der Waals surface area contributed by atoms with Gasteiger partial charge in [-0.1, -0.05) is 12.1 Å². The van der Waals surface area contributed by atoms with Gasteiger partial charge in [-0.2, -0.15) is 0 Å². The summed E-state index contributed by atoms with van der Waals surface area (Å²) in [5.74, 6) is 0.980. The largest absolute Gasteiger partial charge is 0.497 e. The lowest BCUT2D eigenvalue weighted by Gasteiger charge is -2.25. The van der Waals surface area contributed by atoms with Crippen LogP contribution in [0.15, 0.2) is 24.3 Å². The number of nitrogens with zero attached hydrogens (tertiary/aromatic N) is 1. The Morgan fingerprint density at radius 3 is 2.42 bits per heavy atom. The molecule has 1 heterocycles. The molecular weight excluding hydrogens is 242 g/mol. The number of aliphatic hydroxyl groups is 1. The molecule has 0 aromatic heterocycles. The number of carbonyl (C=O) groups is 1. The Morgan fingerprint density at radius 1 is 1.32 bits per heavy atom. The monoisotopic (exact) mass is 263 g/mol. The van der Waals surface area contributed by atoms with Crippen molar-refractivity contribution in [2.45, 2.75) is 32.4 Å². The van der Waals surface area contributed by atoms with E-state index < -0.39 is 6.10 Å². The predicted octanol–water partition coefficient (Wildman–Crippen LogP) is 1.99. The molecule has 19 heavy (non-hydrogen) atoms. The lowest BCUT2D eigenvalue weighted by molar-refractivity contribution is -0.129. The Bertz CT molecular complexity index is 441. The van der Waals surface area contributed by atoms with Gasteiger partial charge in [0.2, 0.25) is 5.91 Å². The van der Waals surface area contributed by atoms with Crippen molar-refractivity contribution in [3.63, 3.8) is 0 Å². The number of rotatable bonds is 4. The maximum atomic E-state index is 12.0. The molecule has 1 fully saturated rings. The maximum absolute atomic E-state index is 12.0. The summed E-state index contributed by atoms with van der Waals surface area (Å²) in [7, 11) is 1.63. The summed E-state index contributed by atoms with van der Waals surface area (Å²) in [5.41, 5.74) is 1.08. The summed E-state index contributed by atoms with van der Waals surface area (Å²) in [5, 5.41) is 9.61. The Morgan fingerprint density at radius 2 is 1.95 bits per heavy atom. The number of amides is 1. The third-order valence-electron chi connectivity index (χ3n) is 3.94. The quantitative estimate of drug-likeness (QED) is 0.903. The van der Waals surface area contributed by atoms with E-state index in [1.165, 1.54) is 0 Å². The third kappa shape index (κ3) is 2.89. The maximum Gasteiger partial charge on any atom is 0.223 e. The molecule has 1 aliphatic rings. The molecule has 3 atom stereocenters. The van der Waals surface area contributed by atoms with Crippen LogP contribution in [-0.2, 0) is 4.79 Å². The van der Waals surface area contributed by atoms with Crippen molar-refractivity contribution in [1.29, 1.82) is 0 Å². The zero-order valence-electron chi connectivity index (χ0n) is 11.7. The van der Waals surface area contributed by atoms with Crippen LogP contribution in [0, 0.1) is 5.92 Å². The van der Waals surface area contributed by atoms with E-state index in [0.717, 1.165) is 11.3 Å². The Hall–Kier alpha value is -1.55. The zero-order valence-corrected chi connectivity index (χ0v) is 11.7. The number of likely N-dealkylation sites (tertiary alicyclic amines) is 1. The molecule has 0 bridgehead atoms. The summed E-state index contributed by atoms with van der Waals surface area (Å²) >= 11 is 0. The van der Waals surface area contributed by atoms with Crippen LogP contribution in [0.5, 0.6) is 5.75 Å². The second kappa shape index (κ2) is 5.61. The number of hydrogen-bond acceptors (Lipinski definition) is 3. The van der Waals surface area contributed by atoms with E-state index in [2.05, 4.69) is 0 Å². The summed E-state index contributed by atoms with van der Waals surface area (Å²) in [6.45, 7) is 4.40. The highest BCUT2D eigenvalue weighted by Gasteiger charge is 2.35. The van der Waals surface area contributed by atoms with Crippen LogP contribution < -0.4 is 4.74 Å². The van der Waals surface area contributed by atoms with Gasteiger partial charge < -0.3 is 14.7 Å².